The predicted molar refractivity (Wildman–Crippen MR) is 53.0 cm³/mol. The molecule has 1 aromatic rings. The molecule has 2 N–H and O–H groups in total. The van der Waals surface area contributed by atoms with Gasteiger partial charge in [-0.3, -0.25) is 0 Å². The Labute approximate surface area is 83.9 Å². The highest BCUT2D eigenvalue weighted by molar-refractivity contribution is 5.02. The van der Waals surface area contributed by atoms with Gasteiger partial charge in [-0.05, 0) is 19.1 Å². The van der Waals surface area contributed by atoms with E-state index < -0.39 is 6.10 Å². The van der Waals surface area contributed by atoms with Crippen LogP contribution in [-0.2, 0) is 4.74 Å². The van der Waals surface area contributed by atoms with Crippen molar-refractivity contribution in [3.05, 3.63) is 24.2 Å². The van der Waals surface area contributed by atoms with Gasteiger partial charge in [0.05, 0.1) is 12.4 Å². The Bertz CT molecular complexity index is 236. The molecular weight excluding hydrogens is 182 g/mol. The number of ether oxygens (including phenoxy) is 1. The van der Waals surface area contributed by atoms with Crippen LogP contribution < -0.4 is 5.32 Å². The van der Waals surface area contributed by atoms with Gasteiger partial charge in [0, 0.05) is 20.2 Å². The Morgan fingerprint density at radius 3 is 2.93 bits per heavy atom. The Morgan fingerprint density at radius 1 is 1.57 bits per heavy atom. The van der Waals surface area contributed by atoms with Crippen molar-refractivity contribution in [3.8, 4) is 0 Å². The van der Waals surface area contributed by atoms with Gasteiger partial charge in [-0.2, -0.15) is 0 Å². The second-order valence-electron chi connectivity index (χ2n) is 3.24. The first-order chi connectivity index (χ1) is 6.74. The van der Waals surface area contributed by atoms with Crippen molar-refractivity contribution in [3.63, 3.8) is 0 Å². The van der Waals surface area contributed by atoms with E-state index in [4.69, 9.17) is 9.15 Å². The highest BCUT2D eigenvalue weighted by Gasteiger charge is 2.09. The maximum atomic E-state index is 9.60. The molecule has 0 fully saturated rings. The molecular formula is C10H17NO3. The maximum absolute atomic E-state index is 9.60. The van der Waals surface area contributed by atoms with Gasteiger partial charge >= 0.3 is 0 Å². The minimum atomic E-state index is -0.589. The summed E-state index contributed by atoms with van der Waals surface area (Å²) in [4.78, 5) is 0. The van der Waals surface area contributed by atoms with Crippen molar-refractivity contribution >= 4 is 0 Å². The SMILES string of the molecule is COC(C)CNCC(O)c1ccco1. The van der Waals surface area contributed by atoms with E-state index in [1.807, 2.05) is 6.92 Å². The van der Waals surface area contributed by atoms with E-state index in [9.17, 15) is 5.11 Å². The number of hydrogen-bond donors (Lipinski definition) is 2. The second kappa shape index (κ2) is 5.80. The van der Waals surface area contributed by atoms with Crippen molar-refractivity contribution < 1.29 is 14.3 Å². The fourth-order valence-electron chi connectivity index (χ4n) is 1.09. The van der Waals surface area contributed by atoms with Crippen LogP contribution in [-0.4, -0.2) is 31.4 Å². The molecule has 0 aliphatic heterocycles. The molecule has 0 bridgehead atoms. The van der Waals surface area contributed by atoms with E-state index in [0.29, 0.717) is 18.8 Å². The zero-order valence-corrected chi connectivity index (χ0v) is 8.56. The average molecular weight is 199 g/mol. The molecule has 1 rings (SSSR count). The first kappa shape index (κ1) is 11.2. The van der Waals surface area contributed by atoms with E-state index in [1.165, 1.54) is 0 Å². The summed E-state index contributed by atoms with van der Waals surface area (Å²) in [6.45, 7) is 3.15. The minimum Gasteiger partial charge on any atom is -0.467 e. The Hall–Kier alpha value is -0.840. The molecule has 14 heavy (non-hydrogen) atoms. The smallest absolute Gasteiger partial charge is 0.133 e. The van der Waals surface area contributed by atoms with Crippen molar-refractivity contribution in [2.45, 2.75) is 19.1 Å². The third kappa shape index (κ3) is 3.49. The van der Waals surface area contributed by atoms with Crippen LogP contribution in [0.25, 0.3) is 0 Å². The average Bonchev–Trinajstić information content (AvgIpc) is 2.70. The summed E-state index contributed by atoms with van der Waals surface area (Å²) < 4.78 is 10.1. The fourth-order valence-corrected chi connectivity index (χ4v) is 1.09. The molecule has 0 radical (unpaired) electrons. The van der Waals surface area contributed by atoms with Crippen molar-refractivity contribution in [2.24, 2.45) is 0 Å². The minimum absolute atomic E-state index is 0.152. The molecule has 1 aromatic heterocycles. The number of aliphatic hydroxyl groups excluding tert-OH is 1. The van der Waals surface area contributed by atoms with E-state index >= 15 is 0 Å². The van der Waals surface area contributed by atoms with Crippen LogP contribution in [0.1, 0.15) is 18.8 Å². The molecule has 0 aliphatic rings. The number of hydrogen-bond acceptors (Lipinski definition) is 4. The molecule has 2 atom stereocenters. The van der Waals surface area contributed by atoms with Gasteiger partial charge < -0.3 is 19.6 Å². The predicted octanol–water partition coefficient (Wildman–Crippen LogP) is 0.937. The van der Waals surface area contributed by atoms with Crippen LogP contribution in [0, 0.1) is 0 Å². The van der Waals surface area contributed by atoms with Crippen LogP contribution in [0.3, 0.4) is 0 Å². The molecule has 4 heteroatoms. The van der Waals surface area contributed by atoms with E-state index in [2.05, 4.69) is 5.32 Å². The molecule has 0 spiro atoms. The summed E-state index contributed by atoms with van der Waals surface area (Å²) in [5.41, 5.74) is 0. The zero-order valence-electron chi connectivity index (χ0n) is 8.56. The van der Waals surface area contributed by atoms with Gasteiger partial charge in [0.1, 0.15) is 11.9 Å². The van der Waals surface area contributed by atoms with Gasteiger partial charge in [-0.15, -0.1) is 0 Å². The van der Waals surface area contributed by atoms with E-state index in [1.54, 1.807) is 25.5 Å². The molecule has 0 aliphatic carbocycles. The van der Waals surface area contributed by atoms with Crippen molar-refractivity contribution in [1.82, 2.24) is 5.32 Å². The highest BCUT2D eigenvalue weighted by Crippen LogP contribution is 2.11. The molecule has 1 heterocycles. The molecule has 0 saturated carbocycles. The molecule has 0 saturated heterocycles. The lowest BCUT2D eigenvalue weighted by molar-refractivity contribution is 0.105. The van der Waals surface area contributed by atoms with Crippen LogP contribution in [0.2, 0.25) is 0 Å². The number of rotatable bonds is 6. The Balaban J connectivity index is 2.19. The maximum Gasteiger partial charge on any atom is 0.133 e. The van der Waals surface area contributed by atoms with Gasteiger partial charge in [0.15, 0.2) is 0 Å². The number of furan rings is 1. The largest absolute Gasteiger partial charge is 0.467 e. The Morgan fingerprint density at radius 2 is 2.36 bits per heavy atom. The first-order valence-corrected chi connectivity index (χ1v) is 4.69. The lowest BCUT2D eigenvalue weighted by atomic mass is 10.2. The van der Waals surface area contributed by atoms with Crippen LogP contribution >= 0.6 is 0 Å². The zero-order chi connectivity index (χ0) is 10.4. The van der Waals surface area contributed by atoms with Crippen molar-refractivity contribution in [2.75, 3.05) is 20.2 Å². The van der Waals surface area contributed by atoms with Gasteiger partial charge in [-0.25, -0.2) is 0 Å². The first-order valence-electron chi connectivity index (χ1n) is 4.69. The van der Waals surface area contributed by atoms with Gasteiger partial charge in [0.25, 0.3) is 0 Å². The normalized spacial score (nSPS) is 15.4. The third-order valence-corrected chi connectivity index (χ3v) is 2.04. The fraction of sp³-hybridized carbons (Fsp3) is 0.600. The molecule has 0 aromatic carbocycles. The van der Waals surface area contributed by atoms with E-state index in [-0.39, 0.29) is 6.10 Å². The summed E-state index contributed by atoms with van der Waals surface area (Å²) >= 11 is 0. The molecule has 80 valence electrons. The standard InChI is InChI=1S/C10H17NO3/c1-8(13-2)6-11-7-9(12)10-4-3-5-14-10/h3-5,8-9,11-12H,6-7H2,1-2H3. The summed E-state index contributed by atoms with van der Waals surface area (Å²) in [6.07, 6.45) is 1.11. The lowest BCUT2D eigenvalue weighted by Gasteiger charge is -2.12. The Kier molecular flexibility index (Phi) is 4.65. The number of methoxy groups -OCH3 is 1. The molecule has 2 unspecified atom stereocenters. The van der Waals surface area contributed by atoms with E-state index in [0.717, 1.165) is 0 Å². The summed E-state index contributed by atoms with van der Waals surface area (Å²) in [5, 5.41) is 12.7. The van der Waals surface area contributed by atoms with Crippen LogP contribution in [0.4, 0.5) is 0 Å². The van der Waals surface area contributed by atoms with Gasteiger partial charge in [0.2, 0.25) is 0 Å². The molecule has 0 amide bonds. The quantitative estimate of drug-likeness (QED) is 0.716. The summed E-state index contributed by atoms with van der Waals surface area (Å²) in [7, 11) is 1.66. The number of nitrogens with one attached hydrogen (secondary N) is 1. The van der Waals surface area contributed by atoms with Crippen molar-refractivity contribution in [1.29, 1.82) is 0 Å². The van der Waals surface area contributed by atoms with Crippen LogP contribution in [0.15, 0.2) is 22.8 Å². The summed E-state index contributed by atoms with van der Waals surface area (Å²) in [6, 6.07) is 3.52. The topological polar surface area (TPSA) is 54.6 Å². The van der Waals surface area contributed by atoms with Crippen LogP contribution in [0.5, 0.6) is 0 Å². The number of aliphatic hydroxyl groups is 1. The molecule has 4 nitrogen and oxygen atoms in total. The lowest BCUT2D eigenvalue weighted by Crippen LogP contribution is -2.29. The summed E-state index contributed by atoms with van der Waals surface area (Å²) in [5.74, 6) is 0.586. The highest BCUT2D eigenvalue weighted by atomic mass is 16.5. The third-order valence-electron chi connectivity index (χ3n) is 2.04. The van der Waals surface area contributed by atoms with Gasteiger partial charge in [-0.1, -0.05) is 0 Å². The monoisotopic (exact) mass is 199 g/mol. The second-order valence-corrected chi connectivity index (χ2v) is 3.24.